The minimum Gasteiger partial charge on any atom is -0.494 e. The fraction of sp³-hybridized carbons (Fsp3) is 0.409. The Balaban J connectivity index is 1.41. The van der Waals surface area contributed by atoms with E-state index >= 15 is 0 Å². The number of nitrogens with two attached hydrogens (primary N) is 1. The van der Waals surface area contributed by atoms with Crippen LogP contribution in [0.2, 0.25) is 0 Å². The topological polar surface area (TPSA) is 64.4 Å². The summed E-state index contributed by atoms with van der Waals surface area (Å²) >= 11 is 0. The van der Waals surface area contributed by atoms with Gasteiger partial charge in [-0.2, -0.15) is 0 Å². The van der Waals surface area contributed by atoms with Gasteiger partial charge in [0.25, 0.3) is 0 Å². The van der Waals surface area contributed by atoms with Crippen molar-refractivity contribution in [3.8, 4) is 5.75 Å². The normalized spacial score (nSPS) is 14.8. The van der Waals surface area contributed by atoms with Gasteiger partial charge in [-0.1, -0.05) is 44.2 Å². The van der Waals surface area contributed by atoms with E-state index in [0.717, 1.165) is 35.9 Å². The van der Waals surface area contributed by atoms with E-state index in [1.807, 2.05) is 48.5 Å². The molecule has 1 aliphatic carbocycles. The molecule has 3 rings (SSSR count). The first-order valence-corrected chi connectivity index (χ1v) is 9.56. The number of amides is 1. The predicted molar refractivity (Wildman–Crippen MR) is 106 cm³/mol. The molecule has 0 radical (unpaired) electrons. The van der Waals surface area contributed by atoms with Crippen molar-refractivity contribution in [2.75, 3.05) is 17.7 Å². The molecule has 1 aliphatic rings. The lowest BCUT2D eigenvalue weighted by atomic mass is 9.87. The smallest absolute Gasteiger partial charge is 0.228 e. The molecule has 0 unspecified atom stereocenters. The van der Waals surface area contributed by atoms with Gasteiger partial charge >= 0.3 is 0 Å². The molecule has 3 N–H and O–H groups in total. The Bertz CT molecular complexity index is 689. The number of benzene rings is 2. The lowest BCUT2D eigenvalue weighted by molar-refractivity contribution is -0.115. The number of hydrogen-bond acceptors (Lipinski definition) is 3. The van der Waals surface area contributed by atoms with Crippen molar-refractivity contribution >= 4 is 17.3 Å². The second-order valence-electron chi connectivity index (χ2n) is 7.13. The molecule has 2 aromatic carbocycles. The zero-order valence-electron chi connectivity index (χ0n) is 15.2. The van der Waals surface area contributed by atoms with Crippen LogP contribution in [0.1, 0.15) is 44.1 Å². The molecule has 0 aliphatic heterocycles. The molecule has 0 aromatic heterocycles. The highest BCUT2D eigenvalue weighted by molar-refractivity contribution is 5.92. The van der Waals surface area contributed by atoms with Gasteiger partial charge in [-0.15, -0.1) is 0 Å². The van der Waals surface area contributed by atoms with Gasteiger partial charge < -0.3 is 15.8 Å². The molecule has 0 heterocycles. The van der Waals surface area contributed by atoms with Crippen LogP contribution in [0.5, 0.6) is 5.75 Å². The Labute approximate surface area is 155 Å². The summed E-state index contributed by atoms with van der Waals surface area (Å²) in [7, 11) is 0. The van der Waals surface area contributed by atoms with E-state index in [2.05, 4.69) is 5.32 Å². The van der Waals surface area contributed by atoms with Crippen LogP contribution < -0.4 is 15.8 Å². The summed E-state index contributed by atoms with van der Waals surface area (Å²) < 4.78 is 5.85. The second-order valence-corrected chi connectivity index (χ2v) is 7.13. The summed E-state index contributed by atoms with van der Waals surface area (Å²) in [4.78, 5) is 12.1. The third-order valence-electron chi connectivity index (χ3n) is 5.00. The van der Waals surface area contributed by atoms with Gasteiger partial charge in [-0.05, 0) is 54.3 Å². The van der Waals surface area contributed by atoms with Crippen LogP contribution in [0.15, 0.2) is 48.5 Å². The number of carbonyl (C=O) groups is 1. The number of anilines is 2. The van der Waals surface area contributed by atoms with Crippen molar-refractivity contribution in [3.05, 3.63) is 54.1 Å². The largest absolute Gasteiger partial charge is 0.494 e. The van der Waals surface area contributed by atoms with Crippen molar-refractivity contribution in [3.63, 3.8) is 0 Å². The summed E-state index contributed by atoms with van der Waals surface area (Å²) in [6, 6.07) is 15.0. The molecule has 2 aromatic rings. The predicted octanol–water partition coefficient (Wildman–Crippen LogP) is 4.80. The van der Waals surface area contributed by atoms with E-state index in [1.54, 1.807) is 0 Å². The van der Waals surface area contributed by atoms with Gasteiger partial charge in [0, 0.05) is 11.4 Å². The first-order valence-electron chi connectivity index (χ1n) is 9.56. The molecular formula is C22H28N2O2. The molecule has 0 saturated heterocycles. The van der Waals surface area contributed by atoms with E-state index in [1.165, 1.54) is 32.1 Å². The lowest BCUT2D eigenvalue weighted by Gasteiger charge is -2.21. The van der Waals surface area contributed by atoms with Crippen LogP contribution >= 0.6 is 0 Å². The Hall–Kier alpha value is -2.49. The highest BCUT2D eigenvalue weighted by Crippen LogP contribution is 2.26. The van der Waals surface area contributed by atoms with E-state index in [9.17, 15) is 4.79 Å². The maximum absolute atomic E-state index is 12.1. The van der Waals surface area contributed by atoms with E-state index in [4.69, 9.17) is 10.5 Å². The fourth-order valence-electron chi connectivity index (χ4n) is 3.48. The summed E-state index contributed by atoms with van der Waals surface area (Å²) in [5.41, 5.74) is 8.09. The number of hydrogen-bond donors (Lipinski definition) is 2. The first-order chi connectivity index (χ1) is 12.7. The van der Waals surface area contributed by atoms with Gasteiger partial charge in [0.1, 0.15) is 5.75 Å². The maximum Gasteiger partial charge on any atom is 0.228 e. The molecule has 4 nitrogen and oxygen atoms in total. The zero-order valence-corrected chi connectivity index (χ0v) is 15.2. The number of rotatable bonds is 7. The highest BCUT2D eigenvalue weighted by atomic mass is 16.5. The van der Waals surface area contributed by atoms with Gasteiger partial charge in [-0.25, -0.2) is 0 Å². The van der Waals surface area contributed by atoms with Crippen LogP contribution in [0, 0.1) is 5.92 Å². The van der Waals surface area contributed by atoms with Crippen LogP contribution in [-0.4, -0.2) is 12.5 Å². The number of ether oxygens (including phenoxy) is 1. The Morgan fingerprint density at radius 2 is 1.69 bits per heavy atom. The Kier molecular flexibility index (Phi) is 6.53. The Morgan fingerprint density at radius 1 is 1.00 bits per heavy atom. The standard InChI is InChI=1S/C22H28N2O2/c23-19-8-6-18(7-9-19)16-22(25)24-20-10-12-21(13-11-20)26-15-14-17-4-2-1-3-5-17/h6-13,17H,1-5,14-16,23H2,(H,24,25). The lowest BCUT2D eigenvalue weighted by Crippen LogP contribution is -2.14. The molecule has 0 atom stereocenters. The minimum atomic E-state index is -0.0410. The number of carbonyl (C=O) groups excluding carboxylic acids is 1. The third kappa shape index (κ3) is 5.80. The van der Waals surface area contributed by atoms with Crippen LogP contribution in [0.25, 0.3) is 0 Å². The van der Waals surface area contributed by atoms with Gasteiger partial charge in [-0.3, -0.25) is 4.79 Å². The molecule has 1 amide bonds. The second kappa shape index (κ2) is 9.27. The average molecular weight is 352 g/mol. The van der Waals surface area contributed by atoms with Crippen molar-refractivity contribution in [1.82, 2.24) is 0 Å². The van der Waals surface area contributed by atoms with Crippen molar-refractivity contribution in [2.45, 2.75) is 44.9 Å². The van der Waals surface area contributed by atoms with Crippen molar-refractivity contribution in [1.29, 1.82) is 0 Å². The van der Waals surface area contributed by atoms with E-state index in [-0.39, 0.29) is 5.91 Å². The zero-order chi connectivity index (χ0) is 18.2. The summed E-state index contributed by atoms with van der Waals surface area (Å²) in [5.74, 6) is 1.65. The minimum absolute atomic E-state index is 0.0410. The molecule has 0 bridgehead atoms. The van der Waals surface area contributed by atoms with Crippen molar-refractivity contribution < 1.29 is 9.53 Å². The first kappa shape index (κ1) is 18.3. The average Bonchev–Trinajstić information content (AvgIpc) is 2.66. The fourth-order valence-corrected chi connectivity index (χ4v) is 3.48. The molecule has 0 spiro atoms. The highest BCUT2D eigenvalue weighted by Gasteiger charge is 2.13. The van der Waals surface area contributed by atoms with Gasteiger partial charge in [0.15, 0.2) is 0 Å². The van der Waals surface area contributed by atoms with Gasteiger partial charge in [0.05, 0.1) is 13.0 Å². The van der Waals surface area contributed by atoms with Crippen LogP contribution in [0.3, 0.4) is 0 Å². The monoisotopic (exact) mass is 352 g/mol. The third-order valence-corrected chi connectivity index (χ3v) is 5.00. The van der Waals surface area contributed by atoms with E-state index < -0.39 is 0 Å². The summed E-state index contributed by atoms with van der Waals surface area (Å²) in [6.07, 6.45) is 8.30. The molecule has 1 saturated carbocycles. The van der Waals surface area contributed by atoms with Crippen molar-refractivity contribution in [2.24, 2.45) is 5.92 Å². The summed E-state index contributed by atoms with van der Waals surface area (Å²) in [6.45, 7) is 0.771. The van der Waals surface area contributed by atoms with Gasteiger partial charge in [0.2, 0.25) is 5.91 Å². The summed E-state index contributed by atoms with van der Waals surface area (Å²) in [5, 5.41) is 2.91. The Morgan fingerprint density at radius 3 is 2.38 bits per heavy atom. The molecule has 138 valence electrons. The van der Waals surface area contributed by atoms with Crippen LogP contribution in [0.4, 0.5) is 11.4 Å². The molecule has 1 fully saturated rings. The molecule has 26 heavy (non-hydrogen) atoms. The molecular weight excluding hydrogens is 324 g/mol. The van der Waals surface area contributed by atoms with Crippen LogP contribution in [-0.2, 0) is 11.2 Å². The SMILES string of the molecule is Nc1ccc(CC(=O)Nc2ccc(OCCC3CCCCC3)cc2)cc1. The maximum atomic E-state index is 12.1. The number of nitrogens with one attached hydrogen (secondary N) is 1. The quantitative estimate of drug-likeness (QED) is 0.704. The number of nitrogen functional groups attached to an aromatic ring is 1. The molecule has 4 heteroatoms. The van der Waals surface area contributed by atoms with E-state index in [0.29, 0.717) is 12.1 Å².